The maximum absolute atomic E-state index is 12.4. The molecule has 0 saturated carbocycles. The number of aromatic nitrogens is 3. The van der Waals surface area contributed by atoms with Crippen molar-refractivity contribution >= 4 is 17.5 Å². The van der Waals surface area contributed by atoms with Gasteiger partial charge in [0.1, 0.15) is 0 Å². The summed E-state index contributed by atoms with van der Waals surface area (Å²) in [6, 6.07) is 15.9. The molecular weight excluding hydrogens is 318 g/mol. The summed E-state index contributed by atoms with van der Waals surface area (Å²) in [5.41, 5.74) is 4.50. The lowest BCUT2D eigenvalue weighted by molar-refractivity contribution is 0.102. The highest BCUT2D eigenvalue weighted by Crippen LogP contribution is 2.24. The molecule has 4 rings (SSSR count). The van der Waals surface area contributed by atoms with Gasteiger partial charge in [0, 0.05) is 11.1 Å². The number of hydrogen-bond donors (Lipinski definition) is 1. The number of aryl methyl sites for hydroxylation is 2. The van der Waals surface area contributed by atoms with E-state index >= 15 is 0 Å². The second-order valence-corrected chi connectivity index (χ2v) is 6.82. The lowest BCUT2D eigenvalue weighted by atomic mass is 10.0. The summed E-state index contributed by atoms with van der Waals surface area (Å²) >= 11 is 1.37. The minimum atomic E-state index is 0.126. The molecule has 0 saturated heterocycles. The number of benzene rings is 2. The Hall–Kier alpha value is -2.40. The van der Waals surface area contributed by atoms with Crippen LogP contribution in [0.1, 0.15) is 27.9 Å². The van der Waals surface area contributed by atoms with Crippen molar-refractivity contribution in [3.05, 3.63) is 65.2 Å². The van der Waals surface area contributed by atoms with Gasteiger partial charge in [-0.25, -0.2) is 4.98 Å². The predicted octanol–water partition coefficient (Wildman–Crippen LogP) is 3.94. The van der Waals surface area contributed by atoms with Crippen LogP contribution in [0.3, 0.4) is 0 Å². The first kappa shape index (κ1) is 15.1. The fraction of sp³-hybridized carbons (Fsp3) is 0.211. The Morgan fingerprint density at radius 3 is 2.79 bits per heavy atom. The fourth-order valence-corrected chi connectivity index (χ4v) is 3.69. The SMILES string of the molecule is O=C(CSc1n[nH]c(-c2ccccc2)n1)c1ccc2c(c1)CCC2. The molecule has 0 aliphatic heterocycles. The largest absolute Gasteiger partial charge is 0.293 e. The smallest absolute Gasteiger partial charge is 0.209 e. The average molecular weight is 335 g/mol. The van der Waals surface area contributed by atoms with Gasteiger partial charge in [-0.15, -0.1) is 5.10 Å². The molecule has 3 aromatic rings. The maximum atomic E-state index is 12.4. The first-order chi connectivity index (χ1) is 11.8. The molecule has 5 heteroatoms. The standard InChI is InChI=1S/C19H17N3OS/c23-17(16-10-9-13-7-4-8-15(13)11-16)12-24-19-20-18(21-22-19)14-5-2-1-3-6-14/h1-3,5-6,9-11H,4,7-8,12H2,(H,20,21,22). The molecule has 4 nitrogen and oxygen atoms in total. The van der Waals surface area contributed by atoms with Crippen molar-refractivity contribution < 1.29 is 4.79 Å². The minimum absolute atomic E-state index is 0.126. The van der Waals surface area contributed by atoms with Crippen LogP contribution in [-0.4, -0.2) is 26.7 Å². The van der Waals surface area contributed by atoms with Gasteiger partial charge in [-0.2, -0.15) is 0 Å². The molecule has 1 aliphatic carbocycles. The van der Waals surface area contributed by atoms with Crippen molar-refractivity contribution in [3.63, 3.8) is 0 Å². The third-order valence-corrected chi connectivity index (χ3v) is 5.11. The predicted molar refractivity (Wildman–Crippen MR) is 95.3 cm³/mol. The summed E-state index contributed by atoms with van der Waals surface area (Å²) in [6.45, 7) is 0. The van der Waals surface area contributed by atoms with E-state index in [9.17, 15) is 4.79 Å². The molecule has 0 unspecified atom stereocenters. The zero-order valence-corrected chi connectivity index (χ0v) is 14.0. The third kappa shape index (κ3) is 3.12. The van der Waals surface area contributed by atoms with Gasteiger partial charge in [0.2, 0.25) is 5.16 Å². The van der Waals surface area contributed by atoms with Gasteiger partial charge in [0.15, 0.2) is 11.6 Å². The number of Topliss-reactive ketones (excluding diaryl/α,β-unsaturated/α-hetero) is 1. The lowest BCUT2D eigenvalue weighted by Gasteiger charge is -2.03. The Morgan fingerprint density at radius 2 is 1.92 bits per heavy atom. The molecule has 1 aliphatic rings. The maximum Gasteiger partial charge on any atom is 0.209 e. The van der Waals surface area contributed by atoms with Crippen molar-refractivity contribution in [1.29, 1.82) is 0 Å². The summed E-state index contributed by atoms with van der Waals surface area (Å²) in [7, 11) is 0. The molecule has 1 aromatic heterocycles. The molecule has 0 spiro atoms. The van der Waals surface area contributed by atoms with Crippen LogP contribution in [-0.2, 0) is 12.8 Å². The van der Waals surface area contributed by atoms with Crippen LogP contribution in [0, 0.1) is 0 Å². The number of nitrogens with zero attached hydrogens (tertiary/aromatic N) is 2. The second-order valence-electron chi connectivity index (χ2n) is 5.88. The van der Waals surface area contributed by atoms with E-state index < -0.39 is 0 Å². The molecule has 0 radical (unpaired) electrons. The number of aromatic amines is 1. The van der Waals surface area contributed by atoms with E-state index in [0.29, 0.717) is 10.9 Å². The van der Waals surface area contributed by atoms with Crippen molar-refractivity contribution in [2.45, 2.75) is 24.4 Å². The number of carbonyl (C=O) groups excluding carboxylic acids is 1. The van der Waals surface area contributed by atoms with Crippen molar-refractivity contribution in [2.75, 3.05) is 5.75 Å². The number of fused-ring (bicyclic) bond motifs is 1. The van der Waals surface area contributed by atoms with E-state index in [4.69, 9.17) is 0 Å². The first-order valence-corrected chi connectivity index (χ1v) is 9.04. The number of nitrogens with one attached hydrogen (secondary N) is 1. The molecule has 1 N–H and O–H groups in total. The van der Waals surface area contributed by atoms with Crippen molar-refractivity contribution in [1.82, 2.24) is 15.2 Å². The molecule has 24 heavy (non-hydrogen) atoms. The van der Waals surface area contributed by atoms with Gasteiger partial charge in [-0.1, -0.05) is 54.2 Å². The number of H-pyrrole nitrogens is 1. The Labute approximate surface area is 144 Å². The van der Waals surface area contributed by atoms with Gasteiger partial charge in [0.05, 0.1) is 5.75 Å². The van der Waals surface area contributed by atoms with Crippen molar-refractivity contribution in [2.24, 2.45) is 0 Å². The molecule has 0 fully saturated rings. The highest BCUT2D eigenvalue weighted by atomic mass is 32.2. The molecule has 0 atom stereocenters. The van der Waals surface area contributed by atoms with Crippen LogP contribution in [0.4, 0.5) is 0 Å². The van der Waals surface area contributed by atoms with E-state index in [1.165, 1.54) is 29.3 Å². The summed E-state index contributed by atoms with van der Waals surface area (Å²) < 4.78 is 0. The van der Waals surface area contributed by atoms with Crippen LogP contribution in [0.2, 0.25) is 0 Å². The van der Waals surface area contributed by atoms with Gasteiger partial charge in [-0.3, -0.25) is 9.89 Å². The summed E-state index contributed by atoms with van der Waals surface area (Å²) in [5.74, 6) is 1.20. The number of rotatable bonds is 5. The monoisotopic (exact) mass is 335 g/mol. The topological polar surface area (TPSA) is 58.6 Å². The quantitative estimate of drug-likeness (QED) is 0.567. The van der Waals surface area contributed by atoms with Gasteiger partial charge in [-0.05, 0) is 36.5 Å². The van der Waals surface area contributed by atoms with Crippen LogP contribution >= 0.6 is 11.8 Å². The Bertz CT molecular complexity index is 873. The van der Waals surface area contributed by atoms with E-state index in [2.05, 4.69) is 27.3 Å². The van der Waals surface area contributed by atoms with Crippen LogP contribution < -0.4 is 0 Å². The highest BCUT2D eigenvalue weighted by Gasteiger charge is 2.15. The lowest BCUT2D eigenvalue weighted by Crippen LogP contribution is -2.03. The number of carbonyl (C=O) groups is 1. The molecule has 0 amide bonds. The molecule has 120 valence electrons. The molecule has 1 heterocycles. The molecular formula is C19H17N3OS. The normalized spacial score (nSPS) is 13.0. The van der Waals surface area contributed by atoms with Gasteiger partial charge in [0.25, 0.3) is 0 Å². The van der Waals surface area contributed by atoms with Crippen LogP contribution in [0.15, 0.2) is 53.7 Å². The minimum Gasteiger partial charge on any atom is -0.293 e. The summed E-state index contributed by atoms with van der Waals surface area (Å²) in [6.07, 6.45) is 3.42. The third-order valence-electron chi connectivity index (χ3n) is 4.26. The zero-order chi connectivity index (χ0) is 16.4. The van der Waals surface area contributed by atoms with E-state index in [-0.39, 0.29) is 5.78 Å². The Morgan fingerprint density at radius 1 is 1.08 bits per heavy atom. The van der Waals surface area contributed by atoms with E-state index in [1.54, 1.807) is 0 Å². The molecule has 0 bridgehead atoms. The number of thioether (sulfide) groups is 1. The van der Waals surface area contributed by atoms with E-state index in [0.717, 1.165) is 29.8 Å². The van der Waals surface area contributed by atoms with E-state index in [1.807, 2.05) is 36.4 Å². The number of hydrogen-bond acceptors (Lipinski definition) is 4. The average Bonchev–Trinajstić information content (AvgIpc) is 3.29. The van der Waals surface area contributed by atoms with Crippen LogP contribution in [0.25, 0.3) is 11.4 Å². The van der Waals surface area contributed by atoms with Crippen molar-refractivity contribution in [3.8, 4) is 11.4 Å². The summed E-state index contributed by atoms with van der Waals surface area (Å²) in [5, 5.41) is 7.72. The first-order valence-electron chi connectivity index (χ1n) is 8.05. The highest BCUT2D eigenvalue weighted by molar-refractivity contribution is 7.99. The number of ketones is 1. The Balaban J connectivity index is 1.42. The summed E-state index contributed by atoms with van der Waals surface area (Å²) in [4.78, 5) is 16.9. The Kier molecular flexibility index (Phi) is 4.17. The molecule has 2 aromatic carbocycles. The van der Waals surface area contributed by atoms with Gasteiger partial charge < -0.3 is 0 Å². The zero-order valence-electron chi connectivity index (χ0n) is 13.2. The van der Waals surface area contributed by atoms with Gasteiger partial charge >= 0.3 is 0 Å². The van der Waals surface area contributed by atoms with Crippen LogP contribution in [0.5, 0.6) is 0 Å². The fourth-order valence-electron chi connectivity index (χ4n) is 2.99. The second kappa shape index (κ2) is 6.61.